The quantitative estimate of drug-likeness (QED) is 0.267. The monoisotopic (exact) mass is 491 g/mol. The topological polar surface area (TPSA) is 73.3 Å². The molecule has 0 saturated carbocycles. The van der Waals surface area contributed by atoms with Gasteiger partial charge in [-0.05, 0) is 29.8 Å². The van der Waals surface area contributed by atoms with E-state index in [-0.39, 0.29) is 16.6 Å². The van der Waals surface area contributed by atoms with Crippen LogP contribution in [0.5, 0.6) is 11.5 Å². The number of anilines is 1. The molecule has 0 radical (unpaired) electrons. The molecule has 6 nitrogen and oxygen atoms in total. The van der Waals surface area contributed by atoms with Crippen LogP contribution in [0.15, 0.2) is 91.0 Å². The maximum absolute atomic E-state index is 14.3. The molecular weight excluding hydrogens is 474 g/mol. The Labute approximate surface area is 191 Å². The third kappa shape index (κ3) is 5.71. The first-order valence-corrected chi connectivity index (χ1v) is 12.1. The molecule has 0 fully saturated rings. The molecule has 33 heavy (non-hydrogen) atoms. The molecule has 0 amide bonds. The first-order chi connectivity index (χ1) is 15.8. The highest BCUT2D eigenvalue weighted by molar-refractivity contribution is 7.55. The van der Waals surface area contributed by atoms with Crippen LogP contribution < -0.4 is 14.4 Å². The van der Waals surface area contributed by atoms with Gasteiger partial charge in [-0.15, -0.1) is 10.2 Å². The van der Waals surface area contributed by atoms with Gasteiger partial charge in [-0.25, -0.2) is 4.57 Å². The molecule has 1 atom stereocenters. The zero-order valence-corrected chi connectivity index (χ0v) is 18.6. The lowest BCUT2D eigenvalue weighted by atomic mass is 10.2. The van der Waals surface area contributed by atoms with Crippen LogP contribution in [0.4, 0.5) is 18.3 Å². The summed E-state index contributed by atoms with van der Waals surface area (Å²) < 4.78 is 65.2. The lowest BCUT2D eigenvalue weighted by Crippen LogP contribution is -2.18. The standard InChI is InChI=1S/C22H17F3N3O3PS/c23-22(24,25)20-27-28-21(33-20)26-19(16-10-4-1-5-11-16)32(29,30-17-12-6-2-7-13-17)31-18-14-8-3-9-15-18/h1-15,19H,(H,26,28). The van der Waals surface area contributed by atoms with Gasteiger partial charge >= 0.3 is 13.8 Å². The number of nitrogens with one attached hydrogen (secondary N) is 1. The normalized spacial score (nSPS) is 12.7. The Morgan fingerprint density at radius 2 is 1.27 bits per heavy atom. The van der Waals surface area contributed by atoms with Crippen molar-refractivity contribution >= 4 is 24.1 Å². The highest BCUT2D eigenvalue weighted by atomic mass is 32.1. The fourth-order valence-corrected chi connectivity index (χ4v) is 5.50. The molecule has 0 spiro atoms. The molecule has 0 aliphatic heterocycles. The zero-order chi connectivity index (χ0) is 23.3. The number of benzene rings is 3. The van der Waals surface area contributed by atoms with Crippen LogP contribution >= 0.6 is 18.9 Å². The summed E-state index contributed by atoms with van der Waals surface area (Å²) in [5, 5.41) is 8.27. The van der Waals surface area contributed by atoms with E-state index in [0.717, 1.165) is 0 Å². The van der Waals surface area contributed by atoms with Crippen molar-refractivity contribution in [2.75, 3.05) is 5.32 Å². The molecule has 4 rings (SSSR count). The molecule has 1 aromatic heterocycles. The van der Waals surface area contributed by atoms with Crippen molar-refractivity contribution in [3.63, 3.8) is 0 Å². The third-order valence-electron chi connectivity index (χ3n) is 4.31. The summed E-state index contributed by atoms with van der Waals surface area (Å²) in [4.78, 5) is 0. The number of hydrogen-bond donors (Lipinski definition) is 1. The smallest absolute Gasteiger partial charge is 0.414 e. The highest BCUT2D eigenvalue weighted by Gasteiger charge is 2.42. The summed E-state index contributed by atoms with van der Waals surface area (Å²) in [6.07, 6.45) is -4.65. The zero-order valence-electron chi connectivity index (χ0n) is 16.8. The fourth-order valence-electron chi connectivity index (χ4n) is 2.87. The van der Waals surface area contributed by atoms with E-state index in [1.165, 1.54) is 0 Å². The van der Waals surface area contributed by atoms with E-state index in [4.69, 9.17) is 9.05 Å². The van der Waals surface area contributed by atoms with E-state index >= 15 is 0 Å². The molecule has 0 aliphatic carbocycles. The van der Waals surface area contributed by atoms with Gasteiger partial charge in [0.05, 0.1) is 0 Å². The number of alkyl halides is 3. The van der Waals surface area contributed by atoms with E-state index in [9.17, 15) is 17.7 Å². The van der Waals surface area contributed by atoms with Gasteiger partial charge in [0.15, 0.2) is 5.78 Å². The van der Waals surface area contributed by atoms with Gasteiger partial charge in [-0.1, -0.05) is 78.1 Å². The lowest BCUT2D eigenvalue weighted by molar-refractivity contribution is -0.138. The minimum atomic E-state index is -4.65. The van der Waals surface area contributed by atoms with E-state index < -0.39 is 24.6 Å². The number of halogens is 3. The van der Waals surface area contributed by atoms with Crippen molar-refractivity contribution in [1.82, 2.24) is 10.2 Å². The van der Waals surface area contributed by atoms with Gasteiger partial charge in [-0.3, -0.25) is 0 Å². The summed E-state index contributed by atoms with van der Waals surface area (Å²) in [6, 6.07) is 25.3. The summed E-state index contributed by atoms with van der Waals surface area (Å²) in [5.41, 5.74) is 0.469. The first kappa shape index (κ1) is 22.8. The van der Waals surface area contributed by atoms with Gasteiger partial charge in [-0.2, -0.15) is 13.2 Å². The van der Waals surface area contributed by atoms with Crippen LogP contribution in [-0.2, 0) is 10.7 Å². The highest BCUT2D eigenvalue weighted by Crippen LogP contribution is 2.60. The van der Waals surface area contributed by atoms with Gasteiger partial charge in [0, 0.05) is 0 Å². The average molecular weight is 491 g/mol. The summed E-state index contributed by atoms with van der Waals surface area (Å²) in [7, 11) is -4.15. The van der Waals surface area contributed by atoms with Crippen LogP contribution in [0.1, 0.15) is 16.4 Å². The Kier molecular flexibility index (Phi) is 6.67. The third-order valence-corrected chi connectivity index (χ3v) is 7.20. The number of aromatic nitrogens is 2. The number of rotatable bonds is 8. The molecule has 0 saturated heterocycles. The van der Waals surface area contributed by atoms with E-state index in [2.05, 4.69) is 15.5 Å². The minimum Gasteiger partial charge on any atom is -0.414 e. The van der Waals surface area contributed by atoms with Gasteiger partial charge in [0.25, 0.3) is 0 Å². The number of para-hydroxylation sites is 2. The number of hydrogen-bond acceptors (Lipinski definition) is 7. The second-order valence-electron chi connectivity index (χ2n) is 6.72. The fraction of sp³-hybridized carbons (Fsp3) is 0.0909. The Hall–Kier alpha value is -3.36. The van der Waals surface area contributed by atoms with Crippen LogP contribution in [0.25, 0.3) is 0 Å². The molecule has 0 bridgehead atoms. The molecule has 170 valence electrons. The molecule has 11 heteroatoms. The summed E-state index contributed by atoms with van der Waals surface area (Å²) >= 11 is 0.301. The van der Waals surface area contributed by atoms with Crippen LogP contribution in [0, 0.1) is 0 Å². The van der Waals surface area contributed by atoms with Gasteiger partial charge in [0.1, 0.15) is 11.5 Å². The summed E-state index contributed by atoms with van der Waals surface area (Å²) in [6.45, 7) is 0. The second-order valence-corrected chi connectivity index (χ2v) is 9.65. The lowest BCUT2D eigenvalue weighted by Gasteiger charge is -2.28. The Morgan fingerprint density at radius 3 is 1.73 bits per heavy atom. The van der Waals surface area contributed by atoms with Gasteiger partial charge in [0.2, 0.25) is 10.1 Å². The van der Waals surface area contributed by atoms with Crippen LogP contribution in [0.3, 0.4) is 0 Å². The SMILES string of the molecule is O=P(Oc1ccccc1)(Oc1ccccc1)C(Nc1nnc(C(F)(F)F)s1)c1ccccc1. The Balaban J connectivity index is 1.77. The molecule has 0 aliphatic rings. The molecule has 1 N–H and O–H groups in total. The molecule has 1 unspecified atom stereocenters. The van der Waals surface area contributed by atoms with E-state index in [0.29, 0.717) is 16.9 Å². The summed E-state index contributed by atoms with van der Waals surface area (Å²) in [5.74, 6) is -0.645. The minimum absolute atomic E-state index is 0.176. The Morgan fingerprint density at radius 1 is 0.788 bits per heavy atom. The molecular formula is C22H17F3N3O3PS. The first-order valence-electron chi connectivity index (χ1n) is 9.65. The average Bonchev–Trinajstić information content (AvgIpc) is 3.29. The van der Waals surface area contributed by atoms with Crippen molar-refractivity contribution in [1.29, 1.82) is 0 Å². The van der Waals surface area contributed by atoms with Crippen molar-refractivity contribution < 1.29 is 26.8 Å². The van der Waals surface area contributed by atoms with Crippen molar-refractivity contribution in [3.8, 4) is 11.5 Å². The van der Waals surface area contributed by atoms with Gasteiger partial charge < -0.3 is 14.4 Å². The second kappa shape index (κ2) is 9.64. The predicted molar refractivity (Wildman–Crippen MR) is 119 cm³/mol. The Bertz CT molecular complexity index is 1180. The predicted octanol–water partition coefficient (Wildman–Crippen LogP) is 7.02. The maximum Gasteiger partial charge on any atom is 0.457 e. The van der Waals surface area contributed by atoms with Crippen molar-refractivity contribution in [2.45, 2.75) is 12.0 Å². The van der Waals surface area contributed by atoms with E-state index in [1.54, 1.807) is 91.0 Å². The van der Waals surface area contributed by atoms with Crippen LogP contribution in [-0.4, -0.2) is 10.2 Å². The molecule has 1 heterocycles. The van der Waals surface area contributed by atoms with Crippen molar-refractivity contribution in [3.05, 3.63) is 102 Å². The molecule has 4 aromatic rings. The van der Waals surface area contributed by atoms with Crippen molar-refractivity contribution in [2.24, 2.45) is 0 Å². The van der Waals surface area contributed by atoms with Crippen LogP contribution in [0.2, 0.25) is 0 Å². The molecule has 3 aromatic carbocycles. The number of nitrogens with zero attached hydrogens (tertiary/aromatic N) is 2. The maximum atomic E-state index is 14.3. The largest absolute Gasteiger partial charge is 0.457 e. The van der Waals surface area contributed by atoms with E-state index in [1.807, 2.05) is 0 Å².